The van der Waals surface area contributed by atoms with Crippen molar-refractivity contribution in [1.29, 1.82) is 0 Å². The lowest BCUT2D eigenvalue weighted by atomic mass is 10.1. The summed E-state index contributed by atoms with van der Waals surface area (Å²) in [7, 11) is 1.74. The first-order chi connectivity index (χ1) is 10.6. The Morgan fingerprint density at radius 3 is 2.39 bits per heavy atom. The molecule has 0 bridgehead atoms. The molecule has 1 atom stereocenters. The van der Waals surface area contributed by atoms with Crippen LogP contribution in [0, 0.1) is 0 Å². The van der Waals surface area contributed by atoms with Gasteiger partial charge in [0.1, 0.15) is 5.75 Å². The normalized spacial score (nSPS) is 11.3. The van der Waals surface area contributed by atoms with Gasteiger partial charge in [0.15, 0.2) is 6.61 Å². The molecule has 2 N–H and O–H groups in total. The van der Waals surface area contributed by atoms with E-state index in [2.05, 4.69) is 0 Å². The lowest BCUT2D eigenvalue weighted by Crippen LogP contribution is -2.42. The average molecular weight is 335 g/mol. The van der Waals surface area contributed by atoms with Crippen LogP contribution in [-0.4, -0.2) is 37.0 Å². The molecule has 124 valence electrons. The average Bonchev–Trinajstić information content (AvgIpc) is 2.59. The number of nitrogens with two attached hydrogens (primary N) is 1. The molecule has 0 saturated heterocycles. The summed E-state index contributed by atoms with van der Waals surface area (Å²) < 4.78 is 5.74. The van der Waals surface area contributed by atoms with Gasteiger partial charge in [0.05, 0.1) is 0 Å². The maximum atomic E-state index is 12.1. The predicted molar refractivity (Wildman–Crippen MR) is 95.9 cm³/mol. The zero-order chi connectivity index (χ0) is 15.9. The number of para-hydroxylation sites is 1. The summed E-state index contributed by atoms with van der Waals surface area (Å²) in [5.41, 5.74) is 7.62. The number of likely N-dealkylation sites (N-methyl/N-ethyl adjacent to an activating group) is 1. The van der Waals surface area contributed by atoms with E-state index in [0.29, 0.717) is 12.3 Å². The fraction of sp³-hybridized carbons (Fsp3) is 0.278. The second-order valence-corrected chi connectivity index (χ2v) is 5.24. The molecular formula is C18H23ClN2O2. The van der Waals surface area contributed by atoms with Crippen molar-refractivity contribution in [3.8, 4) is 16.9 Å². The van der Waals surface area contributed by atoms with Crippen LogP contribution in [-0.2, 0) is 4.79 Å². The SMILES string of the molecule is CC(CN)N(C)C(=O)COc1ccccc1-c1ccccc1.Cl. The van der Waals surface area contributed by atoms with Gasteiger partial charge in [-0.1, -0.05) is 48.5 Å². The summed E-state index contributed by atoms with van der Waals surface area (Å²) in [5, 5.41) is 0. The van der Waals surface area contributed by atoms with Gasteiger partial charge in [0.2, 0.25) is 0 Å². The number of ether oxygens (including phenoxy) is 1. The van der Waals surface area contributed by atoms with E-state index in [9.17, 15) is 4.79 Å². The molecule has 0 aliphatic rings. The Morgan fingerprint density at radius 2 is 1.74 bits per heavy atom. The highest BCUT2D eigenvalue weighted by atomic mass is 35.5. The van der Waals surface area contributed by atoms with E-state index < -0.39 is 0 Å². The molecule has 4 nitrogen and oxygen atoms in total. The monoisotopic (exact) mass is 334 g/mol. The quantitative estimate of drug-likeness (QED) is 0.883. The first-order valence-electron chi connectivity index (χ1n) is 7.36. The summed E-state index contributed by atoms with van der Waals surface area (Å²) in [6.07, 6.45) is 0. The minimum absolute atomic E-state index is 0. The van der Waals surface area contributed by atoms with Gasteiger partial charge in [-0.25, -0.2) is 0 Å². The minimum Gasteiger partial charge on any atom is -0.483 e. The van der Waals surface area contributed by atoms with Crippen LogP contribution in [0.25, 0.3) is 11.1 Å². The third-order valence-electron chi connectivity index (χ3n) is 3.72. The lowest BCUT2D eigenvalue weighted by molar-refractivity contribution is -0.133. The van der Waals surface area contributed by atoms with E-state index in [4.69, 9.17) is 10.5 Å². The summed E-state index contributed by atoms with van der Waals surface area (Å²) in [5.74, 6) is 0.622. The largest absolute Gasteiger partial charge is 0.483 e. The van der Waals surface area contributed by atoms with Crippen molar-refractivity contribution in [2.75, 3.05) is 20.2 Å². The highest BCUT2D eigenvalue weighted by Crippen LogP contribution is 2.29. The van der Waals surface area contributed by atoms with Crippen molar-refractivity contribution < 1.29 is 9.53 Å². The molecule has 0 fully saturated rings. The second kappa shape index (κ2) is 9.18. The van der Waals surface area contributed by atoms with Crippen molar-refractivity contribution in [1.82, 2.24) is 4.90 Å². The van der Waals surface area contributed by atoms with Gasteiger partial charge in [0, 0.05) is 25.2 Å². The molecular weight excluding hydrogens is 312 g/mol. The molecule has 2 rings (SSSR count). The number of hydrogen-bond acceptors (Lipinski definition) is 3. The van der Waals surface area contributed by atoms with Crippen LogP contribution in [0.2, 0.25) is 0 Å². The highest BCUT2D eigenvalue weighted by Gasteiger charge is 2.15. The van der Waals surface area contributed by atoms with E-state index in [-0.39, 0.29) is 31.0 Å². The molecule has 23 heavy (non-hydrogen) atoms. The van der Waals surface area contributed by atoms with Crippen LogP contribution in [0.3, 0.4) is 0 Å². The maximum Gasteiger partial charge on any atom is 0.260 e. The summed E-state index contributed by atoms with van der Waals surface area (Å²) >= 11 is 0. The van der Waals surface area contributed by atoms with Crippen molar-refractivity contribution >= 4 is 18.3 Å². The molecule has 0 heterocycles. The molecule has 0 saturated carbocycles. The van der Waals surface area contributed by atoms with Crippen molar-refractivity contribution in [2.24, 2.45) is 5.73 Å². The zero-order valence-electron chi connectivity index (χ0n) is 13.4. The number of hydrogen-bond donors (Lipinski definition) is 1. The first kappa shape index (κ1) is 19.0. The Labute approximate surface area is 143 Å². The Bertz CT molecular complexity index is 619. The van der Waals surface area contributed by atoms with Gasteiger partial charge < -0.3 is 15.4 Å². The number of amides is 1. The molecule has 0 spiro atoms. The van der Waals surface area contributed by atoms with E-state index in [1.165, 1.54) is 0 Å². The number of rotatable bonds is 6. The Kier molecular flexibility index (Phi) is 7.59. The smallest absolute Gasteiger partial charge is 0.260 e. The summed E-state index contributed by atoms with van der Waals surface area (Å²) in [6.45, 7) is 2.35. The van der Waals surface area contributed by atoms with Gasteiger partial charge in [-0.05, 0) is 18.6 Å². The van der Waals surface area contributed by atoms with Crippen LogP contribution in [0.15, 0.2) is 54.6 Å². The number of benzene rings is 2. The van der Waals surface area contributed by atoms with Crippen LogP contribution in [0.4, 0.5) is 0 Å². The molecule has 0 aliphatic carbocycles. The Morgan fingerprint density at radius 1 is 1.13 bits per heavy atom. The third kappa shape index (κ3) is 4.98. The molecule has 1 amide bonds. The van der Waals surface area contributed by atoms with Crippen LogP contribution in [0.5, 0.6) is 5.75 Å². The van der Waals surface area contributed by atoms with Crippen LogP contribution >= 0.6 is 12.4 Å². The Hall–Kier alpha value is -2.04. The van der Waals surface area contributed by atoms with Crippen molar-refractivity contribution in [3.63, 3.8) is 0 Å². The van der Waals surface area contributed by atoms with Crippen LogP contribution < -0.4 is 10.5 Å². The number of nitrogens with zero attached hydrogens (tertiary/aromatic N) is 1. The van der Waals surface area contributed by atoms with E-state index in [1.54, 1.807) is 11.9 Å². The zero-order valence-corrected chi connectivity index (χ0v) is 14.3. The molecule has 5 heteroatoms. The first-order valence-corrected chi connectivity index (χ1v) is 7.36. The summed E-state index contributed by atoms with van der Waals surface area (Å²) in [4.78, 5) is 13.7. The van der Waals surface area contributed by atoms with Crippen molar-refractivity contribution in [3.05, 3.63) is 54.6 Å². The molecule has 0 aromatic heterocycles. The number of carbonyl (C=O) groups excluding carboxylic acids is 1. The van der Waals surface area contributed by atoms with Crippen LogP contribution in [0.1, 0.15) is 6.92 Å². The molecule has 2 aromatic rings. The molecule has 2 aromatic carbocycles. The van der Waals surface area contributed by atoms with Gasteiger partial charge in [-0.2, -0.15) is 0 Å². The Balaban J connectivity index is 0.00000264. The maximum absolute atomic E-state index is 12.1. The van der Waals surface area contributed by atoms with E-state index >= 15 is 0 Å². The van der Waals surface area contributed by atoms with Crippen molar-refractivity contribution in [2.45, 2.75) is 13.0 Å². The second-order valence-electron chi connectivity index (χ2n) is 5.24. The van der Waals surface area contributed by atoms with Gasteiger partial charge in [0.25, 0.3) is 5.91 Å². The molecule has 0 aliphatic heterocycles. The number of carbonyl (C=O) groups is 1. The fourth-order valence-corrected chi connectivity index (χ4v) is 2.09. The van der Waals surface area contributed by atoms with Gasteiger partial charge in [-0.15, -0.1) is 12.4 Å². The number of halogens is 1. The summed E-state index contributed by atoms with van der Waals surface area (Å²) in [6, 6.07) is 17.7. The third-order valence-corrected chi connectivity index (χ3v) is 3.72. The lowest BCUT2D eigenvalue weighted by Gasteiger charge is -2.23. The highest BCUT2D eigenvalue weighted by molar-refractivity contribution is 5.85. The standard InChI is InChI=1S/C18H22N2O2.ClH/c1-14(12-19)20(2)18(21)13-22-17-11-7-6-10-16(17)15-8-4-3-5-9-15;/h3-11,14H,12-13,19H2,1-2H3;1H. The van der Waals surface area contributed by atoms with E-state index in [1.807, 2.05) is 61.5 Å². The minimum atomic E-state index is -0.0826. The predicted octanol–water partition coefficient (Wildman–Crippen LogP) is 2.96. The van der Waals surface area contributed by atoms with Gasteiger partial charge >= 0.3 is 0 Å². The fourth-order valence-electron chi connectivity index (χ4n) is 2.09. The van der Waals surface area contributed by atoms with E-state index in [0.717, 1.165) is 11.1 Å². The van der Waals surface area contributed by atoms with Gasteiger partial charge in [-0.3, -0.25) is 4.79 Å². The molecule has 1 unspecified atom stereocenters. The molecule has 0 radical (unpaired) electrons. The topological polar surface area (TPSA) is 55.6 Å².